The first kappa shape index (κ1) is 18.3. The first-order valence-corrected chi connectivity index (χ1v) is 8.94. The maximum atomic E-state index is 12.6. The van der Waals surface area contributed by atoms with Gasteiger partial charge in [0, 0.05) is 30.8 Å². The molecule has 0 unspecified atom stereocenters. The molecule has 1 amide bonds. The molecule has 0 aliphatic carbocycles. The van der Waals surface area contributed by atoms with E-state index in [1.165, 1.54) is 0 Å². The Morgan fingerprint density at radius 3 is 2.58 bits per heavy atom. The van der Waals surface area contributed by atoms with Crippen molar-refractivity contribution in [2.45, 2.75) is 38.7 Å². The number of methoxy groups -OCH3 is 1. The highest BCUT2D eigenvalue weighted by Gasteiger charge is 2.26. The molecule has 1 aliphatic heterocycles. The molecular formula is C20H25N3O3. The van der Waals surface area contributed by atoms with Gasteiger partial charge in [-0.1, -0.05) is 12.1 Å². The van der Waals surface area contributed by atoms with Gasteiger partial charge >= 0.3 is 0 Å². The summed E-state index contributed by atoms with van der Waals surface area (Å²) in [5.74, 6) is 1.93. The third-order valence-corrected chi connectivity index (χ3v) is 4.94. The van der Waals surface area contributed by atoms with Crippen LogP contribution in [0.4, 0.5) is 0 Å². The quantitative estimate of drug-likeness (QED) is 0.890. The van der Waals surface area contributed by atoms with Crippen LogP contribution in [0.15, 0.2) is 30.5 Å². The van der Waals surface area contributed by atoms with Gasteiger partial charge in [-0.3, -0.25) is 4.79 Å². The van der Waals surface area contributed by atoms with Crippen LogP contribution in [-0.4, -0.2) is 46.1 Å². The molecule has 2 aromatic rings. The smallest absolute Gasteiger partial charge is 0.226 e. The van der Waals surface area contributed by atoms with Crippen molar-refractivity contribution in [2.75, 3.05) is 20.2 Å². The molecule has 1 fully saturated rings. The van der Waals surface area contributed by atoms with Gasteiger partial charge in [0.25, 0.3) is 0 Å². The molecule has 1 aliphatic rings. The van der Waals surface area contributed by atoms with E-state index in [9.17, 15) is 9.90 Å². The number of aromatic nitrogens is 2. The summed E-state index contributed by atoms with van der Waals surface area (Å²) in [7, 11) is 1.63. The number of rotatable bonds is 5. The van der Waals surface area contributed by atoms with E-state index in [0.29, 0.717) is 19.5 Å². The number of ether oxygens (including phenoxy) is 1. The van der Waals surface area contributed by atoms with Crippen molar-refractivity contribution in [3.8, 4) is 5.75 Å². The molecule has 1 saturated heterocycles. The molecule has 0 radical (unpaired) electrons. The number of nitrogens with zero attached hydrogens (tertiary/aromatic N) is 3. The molecule has 138 valence electrons. The zero-order valence-corrected chi connectivity index (χ0v) is 15.3. The minimum absolute atomic E-state index is 0.0494. The normalized spacial score (nSPS) is 15.1. The van der Waals surface area contributed by atoms with Crippen molar-refractivity contribution in [1.29, 1.82) is 0 Å². The summed E-state index contributed by atoms with van der Waals surface area (Å²) in [4.78, 5) is 23.2. The van der Waals surface area contributed by atoms with E-state index >= 15 is 0 Å². The number of hydrogen-bond donors (Lipinski definition) is 1. The second kappa shape index (κ2) is 8.27. The number of hydrogen-bond acceptors (Lipinski definition) is 5. The Bertz CT molecular complexity index is 753. The Morgan fingerprint density at radius 2 is 1.96 bits per heavy atom. The van der Waals surface area contributed by atoms with Gasteiger partial charge in [0.05, 0.1) is 25.8 Å². The van der Waals surface area contributed by atoms with Gasteiger partial charge in [0.15, 0.2) is 0 Å². The fourth-order valence-corrected chi connectivity index (χ4v) is 3.42. The van der Waals surface area contributed by atoms with Gasteiger partial charge < -0.3 is 14.7 Å². The zero-order chi connectivity index (χ0) is 18.5. The van der Waals surface area contributed by atoms with Crippen LogP contribution < -0.4 is 4.74 Å². The molecule has 0 bridgehead atoms. The summed E-state index contributed by atoms with van der Waals surface area (Å²) in [5, 5.41) is 9.53. The van der Waals surface area contributed by atoms with Gasteiger partial charge in [-0.25, -0.2) is 9.97 Å². The standard InChI is InChI=1S/C20H25N3O3/c1-14-21-12-17(13-24)20(22-14)16-7-9-23(10-8-16)19(25)11-15-3-5-18(26-2)6-4-15/h3-6,12,16,24H,7-11,13H2,1-2H3. The molecule has 1 aromatic heterocycles. The van der Waals surface area contributed by atoms with Crippen LogP contribution >= 0.6 is 0 Å². The van der Waals surface area contributed by atoms with Gasteiger partial charge in [-0.05, 0) is 37.5 Å². The summed E-state index contributed by atoms with van der Waals surface area (Å²) < 4.78 is 5.15. The predicted molar refractivity (Wildman–Crippen MR) is 97.9 cm³/mol. The lowest BCUT2D eigenvalue weighted by Gasteiger charge is -2.32. The zero-order valence-electron chi connectivity index (χ0n) is 15.3. The maximum absolute atomic E-state index is 12.6. The summed E-state index contributed by atoms with van der Waals surface area (Å²) in [6.45, 7) is 3.24. The van der Waals surface area contributed by atoms with Crippen molar-refractivity contribution in [2.24, 2.45) is 0 Å². The van der Waals surface area contributed by atoms with E-state index in [1.807, 2.05) is 36.1 Å². The van der Waals surface area contributed by atoms with Crippen molar-refractivity contribution >= 4 is 5.91 Å². The molecule has 1 aromatic carbocycles. The van der Waals surface area contributed by atoms with Gasteiger partial charge in [0.2, 0.25) is 5.91 Å². The molecule has 3 rings (SSSR count). The summed E-state index contributed by atoms with van der Waals surface area (Å²) in [6, 6.07) is 7.62. The van der Waals surface area contributed by atoms with Crippen LogP contribution in [0.25, 0.3) is 0 Å². The molecular weight excluding hydrogens is 330 g/mol. The molecule has 6 nitrogen and oxygen atoms in total. The van der Waals surface area contributed by atoms with Crippen molar-refractivity contribution in [1.82, 2.24) is 14.9 Å². The monoisotopic (exact) mass is 355 g/mol. The molecule has 0 saturated carbocycles. The fraction of sp³-hybridized carbons (Fsp3) is 0.450. The Labute approximate surface area is 153 Å². The van der Waals surface area contributed by atoms with Gasteiger partial charge in [-0.15, -0.1) is 0 Å². The Kier molecular flexibility index (Phi) is 5.83. The first-order valence-electron chi connectivity index (χ1n) is 8.94. The van der Waals surface area contributed by atoms with E-state index in [1.54, 1.807) is 13.3 Å². The van der Waals surface area contributed by atoms with Crippen LogP contribution in [0.1, 0.15) is 41.4 Å². The topological polar surface area (TPSA) is 75.5 Å². The first-order chi connectivity index (χ1) is 12.6. The lowest BCUT2D eigenvalue weighted by molar-refractivity contribution is -0.131. The third-order valence-electron chi connectivity index (χ3n) is 4.94. The second-order valence-electron chi connectivity index (χ2n) is 6.67. The van der Waals surface area contributed by atoms with Gasteiger partial charge in [-0.2, -0.15) is 0 Å². The molecule has 1 N–H and O–H groups in total. The van der Waals surface area contributed by atoms with E-state index in [-0.39, 0.29) is 18.4 Å². The molecule has 0 atom stereocenters. The fourth-order valence-electron chi connectivity index (χ4n) is 3.42. The molecule has 0 spiro atoms. The van der Waals surface area contributed by atoms with Crippen molar-refractivity contribution in [3.63, 3.8) is 0 Å². The predicted octanol–water partition coefficient (Wildman–Crippen LogP) is 2.23. The molecule has 26 heavy (non-hydrogen) atoms. The van der Waals surface area contributed by atoms with Gasteiger partial charge in [0.1, 0.15) is 11.6 Å². The number of amides is 1. The Hall–Kier alpha value is -2.47. The average molecular weight is 355 g/mol. The van der Waals surface area contributed by atoms with E-state index < -0.39 is 0 Å². The van der Waals surface area contributed by atoms with E-state index in [2.05, 4.69) is 9.97 Å². The highest BCUT2D eigenvalue weighted by atomic mass is 16.5. The number of carbonyl (C=O) groups is 1. The van der Waals surface area contributed by atoms with Crippen LogP contribution in [0.5, 0.6) is 5.75 Å². The van der Waals surface area contributed by atoms with Crippen LogP contribution in [-0.2, 0) is 17.8 Å². The number of carbonyl (C=O) groups excluding carboxylic acids is 1. The lowest BCUT2D eigenvalue weighted by Crippen LogP contribution is -2.39. The number of benzene rings is 1. The Balaban J connectivity index is 1.59. The number of likely N-dealkylation sites (tertiary alicyclic amines) is 1. The number of aryl methyl sites for hydroxylation is 1. The second-order valence-corrected chi connectivity index (χ2v) is 6.67. The highest BCUT2D eigenvalue weighted by molar-refractivity contribution is 5.79. The highest BCUT2D eigenvalue weighted by Crippen LogP contribution is 2.29. The summed E-state index contributed by atoms with van der Waals surface area (Å²) >= 11 is 0. The number of piperidine rings is 1. The SMILES string of the molecule is COc1ccc(CC(=O)N2CCC(c3nc(C)ncc3CO)CC2)cc1. The Morgan fingerprint density at radius 1 is 1.27 bits per heavy atom. The maximum Gasteiger partial charge on any atom is 0.226 e. The minimum Gasteiger partial charge on any atom is -0.497 e. The van der Waals surface area contributed by atoms with Crippen molar-refractivity contribution in [3.05, 3.63) is 53.1 Å². The van der Waals surface area contributed by atoms with Crippen LogP contribution in [0.3, 0.4) is 0 Å². The number of aliphatic hydroxyl groups is 1. The minimum atomic E-state index is -0.0494. The third kappa shape index (κ3) is 4.19. The lowest BCUT2D eigenvalue weighted by atomic mass is 9.90. The summed E-state index contributed by atoms with van der Waals surface area (Å²) in [5.41, 5.74) is 2.72. The van der Waals surface area contributed by atoms with E-state index in [0.717, 1.165) is 41.2 Å². The summed E-state index contributed by atoms with van der Waals surface area (Å²) in [6.07, 6.45) is 3.83. The largest absolute Gasteiger partial charge is 0.497 e. The number of aliphatic hydroxyl groups excluding tert-OH is 1. The van der Waals surface area contributed by atoms with Crippen LogP contribution in [0, 0.1) is 6.92 Å². The molecule has 2 heterocycles. The molecule has 6 heteroatoms. The van der Waals surface area contributed by atoms with Crippen LogP contribution in [0.2, 0.25) is 0 Å². The van der Waals surface area contributed by atoms with E-state index in [4.69, 9.17) is 4.74 Å². The van der Waals surface area contributed by atoms with Crippen molar-refractivity contribution < 1.29 is 14.6 Å². The average Bonchev–Trinajstić information content (AvgIpc) is 2.68.